The van der Waals surface area contributed by atoms with Crippen molar-refractivity contribution >= 4 is 21.6 Å². The van der Waals surface area contributed by atoms with Crippen LogP contribution in [0, 0.1) is 13.8 Å². The number of ether oxygens (including phenoxy) is 1. The molecule has 0 unspecified atom stereocenters. The molecule has 3 rings (SSSR count). The van der Waals surface area contributed by atoms with E-state index in [1.165, 1.54) is 10.4 Å². The molecule has 0 aromatic heterocycles. The first-order valence-electron chi connectivity index (χ1n) is 10.6. The van der Waals surface area contributed by atoms with Crippen LogP contribution in [0.2, 0.25) is 0 Å². The SMILES string of the molecule is CCN1CCN(S(=O)(=O)c2cccc(NC(=O)CCOc3ccc(C)cc3C)c2)CC1. The molecule has 8 heteroatoms. The first-order valence-corrected chi connectivity index (χ1v) is 12.1. The normalized spacial score (nSPS) is 15.6. The minimum atomic E-state index is -3.58. The summed E-state index contributed by atoms with van der Waals surface area (Å²) in [6.45, 7) is 9.63. The summed E-state index contributed by atoms with van der Waals surface area (Å²) >= 11 is 0. The number of carbonyl (C=O) groups is 1. The van der Waals surface area contributed by atoms with Gasteiger partial charge in [0.05, 0.1) is 17.9 Å². The highest BCUT2D eigenvalue weighted by Gasteiger charge is 2.28. The molecule has 0 radical (unpaired) electrons. The van der Waals surface area contributed by atoms with E-state index in [2.05, 4.69) is 17.1 Å². The van der Waals surface area contributed by atoms with Gasteiger partial charge in [-0.25, -0.2) is 8.42 Å². The van der Waals surface area contributed by atoms with Crippen molar-refractivity contribution in [2.24, 2.45) is 0 Å². The lowest BCUT2D eigenvalue weighted by Gasteiger charge is -2.33. The van der Waals surface area contributed by atoms with Crippen molar-refractivity contribution in [2.45, 2.75) is 32.1 Å². The zero-order valence-corrected chi connectivity index (χ0v) is 19.2. The zero-order valence-electron chi connectivity index (χ0n) is 18.4. The van der Waals surface area contributed by atoms with Gasteiger partial charge in [0, 0.05) is 31.9 Å². The van der Waals surface area contributed by atoms with Crippen molar-refractivity contribution < 1.29 is 17.9 Å². The summed E-state index contributed by atoms with van der Waals surface area (Å²) in [5, 5.41) is 2.77. The van der Waals surface area contributed by atoms with E-state index in [-0.39, 0.29) is 23.8 Å². The van der Waals surface area contributed by atoms with Crippen molar-refractivity contribution in [3.05, 3.63) is 53.6 Å². The summed E-state index contributed by atoms with van der Waals surface area (Å²) in [6, 6.07) is 12.3. The second-order valence-corrected chi connectivity index (χ2v) is 9.72. The van der Waals surface area contributed by atoms with Crippen LogP contribution in [-0.2, 0) is 14.8 Å². The van der Waals surface area contributed by atoms with Crippen molar-refractivity contribution in [1.29, 1.82) is 0 Å². The van der Waals surface area contributed by atoms with Crippen LogP contribution >= 0.6 is 0 Å². The van der Waals surface area contributed by atoms with E-state index in [1.807, 2.05) is 32.0 Å². The van der Waals surface area contributed by atoms with E-state index in [1.54, 1.807) is 18.2 Å². The molecule has 1 amide bonds. The van der Waals surface area contributed by atoms with E-state index >= 15 is 0 Å². The van der Waals surface area contributed by atoms with Gasteiger partial charge in [-0.05, 0) is 50.2 Å². The fraction of sp³-hybridized carbons (Fsp3) is 0.435. The molecule has 2 aromatic carbocycles. The maximum Gasteiger partial charge on any atom is 0.243 e. The maximum absolute atomic E-state index is 13.0. The van der Waals surface area contributed by atoms with Crippen LogP contribution in [0.4, 0.5) is 5.69 Å². The summed E-state index contributed by atoms with van der Waals surface area (Å²) in [4.78, 5) is 14.7. The quantitative estimate of drug-likeness (QED) is 0.676. The van der Waals surface area contributed by atoms with Gasteiger partial charge in [0.2, 0.25) is 15.9 Å². The predicted molar refractivity (Wildman–Crippen MR) is 122 cm³/mol. The van der Waals surface area contributed by atoms with Gasteiger partial charge in [0.15, 0.2) is 0 Å². The van der Waals surface area contributed by atoms with Gasteiger partial charge in [0.25, 0.3) is 0 Å². The lowest BCUT2D eigenvalue weighted by atomic mass is 10.1. The Hall–Kier alpha value is -2.42. The topological polar surface area (TPSA) is 79.0 Å². The number of amides is 1. The van der Waals surface area contributed by atoms with Crippen LogP contribution in [0.5, 0.6) is 5.75 Å². The first kappa shape index (κ1) is 23.2. The highest BCUT2D eigenvalue weighted by atomic mass is 32.2. The molecule has 0 spiro atoms. The Bertz CT molecular complexity index is 1020. The highest BCUT2D eigenvalue weighted by molar-refractivity contribution is 7.89. The fourth-order valence-corrected chi connectivity index (χ4v) is 5.08. The van der Waals surface area contributed by atoms with Crippen molar-refractivity contribution in [1.82, 2.24) is 9.21 Å². The molecule has 1 fully saturated rings. The maximum atomic E-state index is 13.0. The average Bonchev–Trinajstić information content (AvgIpc) is 2.75. The van der Waals surface area contributed by atoms with Crippen LogP contribution in [-0.4, -0.2) is 62.9 Å². The third-order valence-corrected chi connectivity index (χ3v) is 7.35. The standard InChI is InChI=1S/C23H31N3O4S/c1-4-25-11-13-26(14-12-25)31(28,29)21-7-5-6-20(17-21)24-23(27)10-15-30-22-9-8-18(2)16-19(22)3/h5-9,16-17H,4,10-15H2,1-3H3,(H,24,27). The number of carbonyl (C=O) groups excluding carboxylic acids is 1. The fourth-order valence-electron chi connectivity index (χ4n) is 3.61. The molecule has 0 saturated carbocycles. The second kappa shape index (κ2) is 10.3. The molecule has 168 valence electrons. The Morgan fingerprint density at radius 1 is 1.06 bits per heavy atom. The minimum Gasteiger partial charge on any atom is -0.493 e. The molecule has 1 aliphatic rings. The molecule has 0 bridgehead atoms. The number of likely N-dealkylation sites (N-methyl/N-ethyl adjacent to an activating group) is 1. The van der Waals surface area contributed by atoms with Gasteiger partial charge in [-0.1, -0.05) is 30.7 Å². The van der Waals surface area contributed by atoms with Crippen LogP contribution < -0.4 is 10.1 Å². The number of nitrogens with one attached hydrogen (secondary N) is 1. The zero-order chi connectivity index (χ0) is 22.4. The molecule has 7 nitrogen and oxygen atoms in total. The summed E-state index contributed by atoms with van der Waals surface area (Å²) < 4.78 is 33.2. The van der Waals surface area contributed by atoms with E-state index in [9.17, 15) is 13.2 Å². The molecule has 0 atom stereocenters. The number of aryl methyl sites for hydroxylation is 2. The Morgan fingerprint density at radius 3 is 2.48 bits per heavy atom. The number of nitrogens with zero attached hydrogens (tertiary/aromatic N) is 2. The van der Waals surface area contributed by atoms with Crippen LogP contribution in [0.1, 0.15) is 24.5 Å². The molecular weight excluding hydrogens is 414 g/mol. The van der Waals surface area contributed by atoms with Crippen molar-refractivity contribution in [2.75, 3.05) is 44.6 Å². The van der Waals surface area contributed by atoms with Gasteiger partial charge in [-0.2, -0.15) is 4.31 Å². The predicted octanol–water partition coefficient (Wildman–Crippen LogP) is 3.04. The van der Waals surface area contributed by atoms with E-state index in [0.717, 1.165) is 36.5 Å². The summed E-state index contributed by atoms with van der Waals surface area (Å²) in [6.07, 6.45) is 0.170. The molecule has 31 heavy (non-hydrogen) atoms. The molecular formula is C23H31N3O4S. The number of anilines is 1. The number of benzene rings is 2. The summed E-state index contributed by atoms with van der Waals surface area (Å²) in [7, 11) is -3.58. The third kappa shape index (κ3) is 6.06. The van der Waals surface area contributed by atoms with E-state index < -0.39 is 10.0 Å². The van der Waals surface area contributed by atoms with Gasteiger partial charge in [-0.15, -0.1) is 0 Å². The molecule has 1 saturated heterocycles. The number of sulfonamides is 1. The Labute approximate surface area is 185 Å². The van der Waals surface area contributed by atoms with Gasteiger partial charge < -0.3 is 15.0 Å². The van der Waals surface area contributed by atoms with E-state index in [0.29, 0.717) is 18.8 Å². The Balaban J connectivity index is 1.56. The third-order valence-electron chi connectivity index (χ3n) is 5.45. The van der Waals surface area contributed by atoms with Crippen molar-refractivity contribution in [3.63, 3.8) is 0 Å². The van der Waals surface area contributed by atoms with Crippen LogP contribution in [0.3, 0.4) is 0 Å². The Morgan fingerprint density at radius 2 is 1.81 bits per heavy atom. The number of piperazine rings is 1. The summed E-state index contributed by atoms with van der Waals surface area (Å²) in [5.74, 6) is 0.533. The number of hydrogen-bond acceptors (Lipinski definition) is 5. The number of rotatable bonds is 8. The average molecular weight is 446 g/mol. The lowest BCUT2D eigenvalue weighted by Crippen LogP contribution is -2.48. The van der Waals surface area contributed by atoms with Crippen LogP contribution in [0.25, 0.3) is 0 Å². The lowest BCUT2D eigenvalue weighted by molar-refractivity contribution is -0.116. The summed E-state index contributed by atoms with van der Waals surface area (Å²) in [5.41, 5.74) is 2.65. The van der Waals surface area contributed by atoms with Crippen LogP contribution in [0.15, 0.2) is 47.4 Å². The van der Waals surface area contributed by atoms with Crippen molar-refractivity contribution in [3.8, 4) is 5.75 Å². The molecule has 2 aromatic rings. The molecule has 0 aliphatic carbocycles. The Kier molecular flexibility index (Phi) is 7.69. The molecule has 1 aliphatic heterocycles. The van der Waals surface area contributed by atoms with E-state index in [4.69, 9.17) is 4.74 Å². The number of hydrogen-bond donors (Lipinski definition) is 1. The monoisotopic (exact) mass is 445 g/mol. The molecule has 1 heterocycles. The molecule has 1 N–H and O–H groups in total. The van der Waals surface area contributed by atoms with Gasteiger partial charge in [-0.3, -0.25) is 4.79 Å². The smallest absolute Gasteiger partial charge is 0.243 e. The largest absolute Gasteiger partial charge is 0.493 e. The second-order valence-electron chi connectivity index (χ2n) is 7.78. The minimum absolute atomic E-state index is 0.170. The first-order chi connectivity index (χ1) is 14.8. The van der Waals surface area contributed by atoms with Gasteiger partial charge >= 0.3 is 0 Å². The van der Waals surface area contributed by atoms with Gasteiger partial charge in [0.1, 0.15) is 5.75 Å². The highest BCUT2D eigenvalue weighted by Crippen LogP contribution is 2.22.